The van der Waals surface area contributed by atoms with Crippen molar-refractivity contribution >= 4 is 161 Å². The van der Waals surface area contributed by atoms with Crippen molar-refractivity contribution in [2.45, 2.75) is 29.4 Å². The Morgan fingerprint density at radius 1 is 0.298 bits per heavy atom. The molecule has 10 rings (SSSR count). The maximum Gasteiger partial charge on any atom is 1.00 e. The Balaban J connectivity index is 0.000000966. The molecule has 0 amide bonds. The van der Waals surface area contributed by atoms with E-state index < -0.39 is 190 Å². The Morgan fingerprint density at radius 2 is 0.567 bits per heavy atom. The van der Waals surface area contributed by atoms with Crippen LogP contribution in [0, 0.1) is 20.2 Å². The first kappa shape index (κ1) is 98.2. The van der Waals surface area contributed by atoms with E-state index in [1.807, 2.05) is 0 Å². The maximum absolute atomic E-state index is 12.4. The third-order valence-corrected chi connectivity index (χ3v) is 18.3. The van der Waals surface area contributed by atoms with Crippen LogP contribution in [0.5, 0.6) is 34.5 Å². The minimum Gasteiger partial charge on any atom is -0.506 e. The minimum atomic E-state index is -5.38. The molecular formula is C52H34CoN10Na7O28S6+7. The summed E-state index contributed by atoms with van der Waals surface area (Å²) < 4.78 is 202. The van der Waals surface area contributed by atoms with E-state index in [1.165, 1.54) is 12.1 Å². The van der Waals surface area contributed by atoms with E-state index in [4.69, 9.17) is 0 Å². The van der Waals surface area contributed by atoms with Gasteiger partial charge in [0.05, 0.1) is 41.8 Å². The second kappa shape index (κ2) is 38.2. The molecule has 505 valence electrons. The van der Waals surface area contributed by atoms with E-state index in [0.717, 1.165) is 0 Å². The molecule has 0 saturated carbocycles. The molecule has 0 saturated heterocycles. The predicted molar refractivity (Wildman–Crippen MR) is 328 cm³/mol. The molecular weight excluding hydrogens is 1620 g/mol. The number of hydrogen-bond acceptors (Lipinski definition) is 30. The molecule has 0 aliphatic carbocycles. The van der Waals surface area contributed by atoms with Crippen LogP contribution in [-0.4, -0.2) is 118 Å². The summed E-state index contributed by atoms with van der Waals surface area (Å²) in [6.45, 7) is 0. The van der Waals surface area contributed by atoms with Crippen molar-refractivity contribution in [3.8, 4) is 34.5 Å². The van der Waals surface area contributed by atoms with E-state index in [1.54, 1.807) is 60.7 Å². The van der Waals surface area contributed by atoms with Gasteiger partial charge in [-0.3, -0.25) is 47.5 Å². The number of nitro benzene ring substituents is 2. The zero-order valence-electron chi connectivity index (χ0n) is 53.9. The van der Waals surface area contributed by atoms with Crippen LogP contribution in [0.2, 0.25) is 0 Å². The Kier molecular flexibility index (Phi) is 36.1. The molecule has 12 N–H and O–H groups in total. The SMILES string of the molecule is O=[N+]([O-])c1cc(S(=O)(=O)O)cc(N=Nc2c(S(=O)(=O)O)cc3cc(S(=O)(=O)O)cc(N=Nc4c(O)ccc5ccccc45)c3c2O)c1O.O=[N+]([O-])c1cc(S(=O)(=O)O)cc(N=Nc2c(S(=O)(=O)O)cc3cc(S(=O)(=O)O)cc(N=Nc4c(O)ccc5ccccc45)c3c2O)c1O.[Co].[Na+].[Na+].[Na+].[Na+].[Na+].[Na+].[Na+]. The molecule has 52 heteroatoms. The fourth-order valence-corrected chi connectivity index (χ4v) is 12.3. The number of fused-ring (bicyclic) bond motifs is 4. The molecule has 0 unspecified atom stereocenters. The summed E-state index contributed by atoms with van der Waals surface area (Å²) in [5, 5.41) is 116. The Labute approximate surface area is 749 Å². The van der Waals surface area contributed by atoms with Crippen molar-refractivity contribution in [3.05, 3.63) is 154 Å². The van der Waals surface area contributed by atoms with Gasteiger partial charge in [0.1, 0.15) is 65.2 Å². The topological polar surface area (TPSA) is 633 Å². The number of benzene rings is 10. The molecule has 0 aliphatic heterocycles. The first-order chi connectivity index (χ1) is 44.5. The van der Waals surface area contributed by atoms with Gasteiger partial charge in [-0.25, -0.2) is 0 Å². The van der Waals surface area contributed by atoms with Gasteiger partial charge in [-0.1, -0.05) is 60.7 Å². The number of phenolic OH excluding ortho intramolecular Hbond substituents is 6. The smallest absolute Gasteiger partial charge is 0.506 e. The molecule has 0 fully saturated rings. The summed E-state index contributed by atoms with van der Waals surface area (Å²) in [5.41, 5.74) is -8.24. The number of azo groups is 4. The zero-order valence-corrected chi connectivity index (χ0v) is 73.8. The second-order valence-electron chi connectivity index (χ2n) is 19.3. The fourth-order valence-electron chi connectivity index (χ4n) is 8.92. The second-order valence-corrected chi connectivity index (χ2v) is 27.8. The zero-order chi connectivity index (χ0) is 70.7. The summed E-state index contributed by atoms with van der Waals surface area (Å²) in [7, 11) is -31.1. The van der Waals surface area contributed by atoms with Crippen LogP contribution in [0.1, 0.15) is 0 Å². The van der Waals surface area contributed by atoms with Crippen LogP contribution >= 0.6 is 0 Å². The average Bonchev–Trinajstić information content (AvgIpc) is 0.757. The summed E-state index contributed by atoms with van der Waals surface area (Å²) in [6.07, 6.45) is 0. The molecule has 0 bridgehead atoms. The van der Waals surface area contributed by atoms with Crippen LogP contribution in [0.15, 0.2) is 204 Å². The molecule has 0 spiro atoms. The van der Waals surface area contributed by atoms with Crippen molar-refractivity contribution in [1.82, 2.24) is 0 Å². The monoisotopic (exact) mass is 1660 g/mol. The first-order valence-corrected chi connectivity index (χ1v) is 33.8. The van der Waals surface area contributed by atoms with Gasteiger partial charge in [0, 0.05) is 39.7 Å². The van der Waals surface area contributed by atoms with Crippen molar-refractivity contribution in [1.29, 1.82) is 0 Å². The van der Waals surface area contributed by atoms with Gasteiger partial charge in [0.15, 0.2) is 11.5 Å². The van der Waals surface area contributed by atoms with Crippen LogP contribution in [0.3, 0.4) is 0 Å². The predicted octanol–water partition coefficient (Wildman–Crippen LogP) is -9.80. The fraction of sp³-hybridized carbons (Fsp3) is 0. The van der Waals surface area contributed by atoms with Gasteiger partial charge >= 0.3 is 218 Å². The van der Waals surface area contributed by atoms with Gasteiger partial charge in [-0.2, -0.15) is 50.5 Å². The summed E-state index contributed by atoms with van der Waals surface area (Å²) in [5.74, 6) is -5.73. The van der Waals surface area contributed by atoms with E-state index in [9.17, 15) is 129 Å². The molecule has 0 aromatic heterocycles. The number of hydrogen-bond donors (Lipinski definition) is 12. The number of rotatable bonds is 16. The summed E-state index contributed by atoms with van der Waals surface area (Å²) in [4.78, 5) is 13.7. The summed E-state index contributed by atoms with van der Waals surface area (Å²) in [6, 6.07) is 24.2. The molecule has 10 aromatic carbocycles. The van der Waals surface area contributed by atoms with Gasteiger partial charge in [-0.15, -0.1) is 40.9 Å². The number of nitrogens with zero attached hydrogens (tertiary/aromatic N) is 10. The van der Waals surface area contributed by atoms with E-state index >= 15 is 0 Å². The van der Waals surface area contributed by atoms with Crippen molar-refractivity contribution in [3.63, 3.8) is 0 Å². The Morgan fingerprint density at radius 3 is 0.856 bits per heavy atom. The third-order valence-electron chi connectivity index (χ3n) is 13.2. The van der Waals surface area contributed by atoms with Crippen LogP contribution in [-0.2, 0) is 77.5 Å². The minimum absolute atomic E-state index is 0. The van der Waals surface area contributed by atoms with E-state index in [2.05, 4.69) is 40.9 Å². The van der Waals surface area contributed by atoms with Crippen LogP contribution in [0.25, 0.3) is 43.1 Å². The Bertz CT molecular complexity index is 5620. The molecule has 1 radical (unpaired) electrons. The maximum atomic E-state index is 12.4. The number of aromatic hydroxyl groups is 6. The molecule has 10 aromatic rings. The summed E-state index contributed by atoms with van der Waals surface area (Å²) >= 11 is 0. The van der Waals surface area contributed by atoms with Crippen molar-refractivity contribution < 1.29 is 342 Å². The largest absolute Gasteiger partial charge is 1.00 e. The number of nitro groups is 2. The van der Waals surface area contributed by atoms with Crippen LogP contribution in [0.4, 0.5) is 56.9 Å². The van der Waals surface area contributed by atoms with Gasteiger partial charge in [0.25, 0.3) is 60.7 Å². The quantitative estimate of drug-likeness (QED) is 0.0140. The number of phenols is 6. The molecule has 0 aliphatic rings. The van der Waals surface area contributed by atoms with E-state index in [-0.39, 0.29) is 247 Å². The van der Waals surface area contributed by atoms with Gasteiger partial charge < -0.3 is 30.6 Å². The standard InChI is InChI=1S/2C26H17N5O14S3.Co.7Na/c2*32-20-6-5-12-3-1-2-4-16(12)23(20)29-27-17-9-14(46(37,38)39)7-13-8-21(48(43,44)45)24(26(34)22(13)17)30-28-18-10-15(47(40,41)42)11-19(25(18)33)31(35)36;;;;;;;;/h2*1-11,32-34H,(H,37,38,39)(H,40,41,42)(H,43,44,45);;;;;;;;/q;;;7*+1. The van der Waals surface area contributed by atoms with E-state index in [0.29, 0.717) is 82.2 Å². The van der Waals surface area contributed by atoms with Gasteiger partial charge in [0.2, 0.25) is 11.5 Å². The normalized spacial score (nSPS) is 11.8. The van der Waals surface area contributed by atoms with Crippen LogP contribution < -0.4 is 207 Å². The Hall–Kier alpha value is -3.79. The third kappa shape index (κ3) is 22.3. The average molecular weight is 1660 g/mol. The first-order valence-electron chi connectivity index (χ1n) is 25.2. The van der Waals surface area contributed by atoms with Crippen molar-refractivity contribution in [2.24, 2.45) is 40.9 Å². The molecule has 38 nitrogen and oxygen atoms in total. The van der Waals surface area contributed by atoms with Gasteiger partial charge in [-0.05, 0) is 82.2 Å². The molecule has 0 heterocycles. The molecule has 104 heavy (non-hydrogen) atoms. The van der Waals surface area contributed by atoms with Crippen molar-refractivity contribution in [2.75, 3.05) is 0 Å². The molecule has 0 atom stereocenters.